The van der Waals surface area contributed by atoms with Gasteiger partial charge in [-0.3, -0.25) is 9.69 Å². The lowest BCUT2D eigenvalue weighted by Gasteiger charge is -2.41. The number of nitrogens with zero attached hydrogens (tertiary/aromatic N) is 1. The van der Waals surface area contributed by atoms with Crippen molar-refractivity contribution in [1.29, 1.82) is 0 Å². The molecule has 2 fully saturated rings. The molecule has 74 valence electrons. The molecule has 2 atom stereocenters. The number of hydrogen-bond acceptors (Lipinski definition) is 3. The van der Waals surface area contributed by atoms with Crippen molar-refractivity contribution < 1.29 is 9.90 Å². The van der Waals surface area contributed by atoms with Crippen LogP contribution in [0.25, 0.3) is 0 Å². The molecular formula is C9H16N2O2. The molecule has 4 nitrogen and oxygen atoms in total. The summed E-state index contributed by atoms with van der Waals surface area (Å²) in [5.41, 5.74) is 0. The second kappa shape index (κ2) is 3.64. The number of carboxylic acids is 1. The molecule has 0 saturated carbocycles. The molecule has 0 aromatic carbocycles. The van der Waals surface area contributed by atoms with Crippen molar-refractivity contribution in [2.45, 2.75) is 18.9 Å². The van der Waals surface area contributed by atoms with E-state index < -0.39 is 5.97 Å². The maximum atomic E-state index is 10.8. The predicted octanol–water partition coefficient (Wildman–Crippen LogP) is -0.245. The highest BCUT2D eigenvalue weighted by molar-refractivity contribution is 5.70. The van der Waals surface area contributed by atoms with Gasteiger partial charge in [-0.1, -0.05) is 0 Å². The molecule has 2 rings (SSSR count). The summed E-state index contributed by atoms with van der Waals surface area (Å²) < 4.78 is 0. The van der Waals surface area contributed by atoms with Gasteiger partial charge in [0.1, 0.15) is 0 Å². The first-order chi connectivity index (χ1) is 6.27. The Bertz CT molecular complexity index is 204. The molecule has 0 spiro atoms. The summed E-state index contributed by atoms with van der Waals surface area (Å²) in [6, 6.07) is 0.462. The van der Waals surface area contributed by atoms with Crippen LogP contribution in [0.1, 0.15) is 12.8 Å². The zero-order valence-electron chi connectivity index (χ0n) is 7.70. The first kappa shape index (κ1) is 8.97. The van der Waals surface area contributed by atoms with Crippen molar-refractivity contribution in [2.24, 2.45) is 5.92 Å². The smallest absolute Gasteiger partial charge is 0.307 e. The number of aliphatic carboxylic acids is 1. The molecule has 2 unspecified atom stereocenters. The zero-order chi connectivity index (χ0) is 9.26. The highest BCUT2D eigenvalue weighted by Gasteiger charge is 2.32. The van der Waals surface area contributed by atoms with Gasteiger partial charge in [-0.25, -0.2) is 0 Å². The Kier molecular flexibility index (Phi) is 2.51. The minimum Gasteiger partial charge on any atom is -0.481 e. The van der Waals surface area contributed by atoms with Crippen LogP contribution >= 0.6 is 0 Å². The van der Waals surface area contributed by atoms with Crippen LogP contribution in [0.3, 0.4) is 0 Å². The van der Waals surface area contributed by atoms with Crippen molar-refractivity contribution in [3.8, 4) is 0 Å². The molecule has 0 bridgehead atoms. The van der Waals surface area contributed by atoms with Gasteiger partial charge >= 0.3 is 5.97 Å². The van der Waals surface area contributed by atoms with Gasteiger partial charge in [0.15, 0.2) is 0 Å². The van der Waals surface area contributed by atoms with Gasteiger partial charge in [0.05, 0.1) is 5.92 Å². The Morgan fingerprint density at radius 2 is 2.15 bits per heavy atom. The van der Waals surface area contributed by atoms with E-state index in [9.17, 15) is 4.79 Å². The first-order valence-corrected chi connectivity index (χ1v) is 4.95. The number of likely N-dealkylation sites (tertiary alicyclic amines) is 1. The molecule has 0 radical (unpaired) electrons. The van der Waals surface area contributed by atoms with E-state index in [4.69, 9.17) is 5.11 Å². The summed E-state index contributed by atoms with van der Waals surface area (Å²) in [7, 11) is 0. The topological polar surface area (TPSA) is 52.6 Å². The number of nitrogens with one attached hydrogen (secondary N) is 1. The van der Waals surface area contributed by atoms with E-state index >= 15 is 0 Å². The highest BCUT2D eigenvalue weighted by atomic mass is 16.4. The minimum atomic E-state index is -0.655. The number of carboxylic acid groups (broad SMARTS) is 1. The van der Waals surface area contributed by atoms with E-state index in [1.54, 1.807) is 0 Å². The van der Waals surface area contributed by atoms with Gasteiger partial charge in [0.2, 0.25) is 0 Å². The molecule has 2 aliphatic heterocycles. The average Bonchev–Trinajstić information content (AvgIpc) is 2.01. The molecular weight excluding hydrogens is 168 g/mol. The maximum Gasteiger partial charge on any atom is 0.307 e. The molecule has 13 heavy (non-hydrogen) atoms. The Morgan fingerprint density at radius 3 is 2.69 bits per heavy atom. The molecule has 0 amide bonds. The Balaban J connectivity index is 1.87. The number of carbonyl (C=O) groups is 1. The molecule has 4 heteroatoms. The normalized spacial score (nSPS) is 35.4. The summed E-state index contributed by atoms with van der Waals surface area (Å²) in [5, 5.41) is 12.1. The van der Waals surface area contributed by atoms with Crippen LogP contribution in [-0.2, 0) is 4.79 Å². The van der Waals surface area contributed by atoms with E-state index in [1.165, 1.54) is 6.42 Å². The first-order valence-electron chi connectivity index (χ1n) is 4.95. The quantitative estimate of drug-likeness (QED) is 0.621. The number of hydrogen-bond donors (Lipinski definition) is 2. The van der Waals surface area contributed by atoms with E-state index in [0.717, 1.165) is 26.1 Å². The third-order valence-corrected chi connectivity index (χ3v) is 3.08. The van der Waals surface area contributed by atoms with Crippen LogP contribution in [0.5, 0.6) is 0 Å². The van der Waals surface area contributed by atoms with Crippen LogP contribution in [0.15, 0.2) is 0 Å². The Hall–Kier alpha value is -0.610. The monoisotopic (exact) mass is 184 g/mol. The average molecular weight is 184 g/mol. The fourth-order valence-corrected chi connectivity index (χ4v) is 2.09. The lowest BCUT2D eigenvalue weighted by molar-refractivity contribution is -0.143. The van der Waals surface area contributed by atoms with Crippen LogP contribution in [-0.4, -0.2) is 48.2 Å². The summed E-state index contributed by atoms with van der Waals surface area (Å²) in [4.78, 5) is 13.1. The summed E-state index contributed by atoms with van der Waals surface area (Å²) in [6.45, 7) is 3.90. The third-order valence-electron chi connectivity index (χ3n) is 3.08. The fraction of sp³-hybridized carbons (Fsp3) is 0.889. The molecule has 2 N–H and O–H groups in total. The van der Waals surface area contributed by atoms with Crippen molar-refractivity contribution in [3.63, 3.8) is 0 Å². The standard InChI is InChI=1S/C9H16N2O2/c12-9(13)7-4-8(6-10-5-7)11-2-1-3-11/h7-8,10H,1-6H2,(H,12,13). The lowest BCUT2D eigenvalue weighted by atomic mass is 9.93. The van der Waals surface area contributed by atoms with Crippen molar-refractivity contribution in [1.82, 2.24) is 10.2 Å². The molecule has 2 aliphatic rings. The second-order valence-electron chi connectivity index (χ2n) is 3.97. The van der Waals surface area contributed by atoms with Gasteiger partial charge in [-0.2, -0.15) is 0 Å². The molecule has 0 aromatic rings. The van der Waals surface area contributed by atoms with Gasteiger partial charge < -0.3 is 10.4 Å². The summed E-state index contributed by atoms with van der Waals surface area (Å²) in [5.74, 6) is -0.836. The van der Waals surface area contributed by atoms with Gasteiger partial charge in [0.25, 0.3) is 0 Å². The molecule has 2 saturated heterocycles. The maximum absolute atomic E-state index is 10.8. The van der Waals surface area contributed by atoms with Crippen LogP contribution in [0, 0.1) is 5.92 Å². The summed E-state index contributed by atoms with van der Waals surface area (Å²) in [6.07, 6.45) is 2.09. The summed E-state index contributed by atoms with van der Waals surface area (Å²) >= 11 is 0. The largest absolute Gasteiger partial charge is 0.481 e. The van der Waals surface area contributed by atoms with Crippen LogP contribution in [0.2, 0.25) is 0 Å². The van der Waals surface area contributed by atoms with Gasteiger partial charge in [-0.05, 0) is 25.9 Å². The van der Waals surface area contributed by atoms with Gasteiger partial charge in [0, 0.05) is 19.1 Å². The fourth-order valence-electron chi connectivity index (χ4n) is 2.09. The lowest BCUT2D eigenvalue weighted by Crippen LogP contribution is -2.54. The van der Waals surface area contributed by atoms with Crippen molar-refractivity contribution in [2.75, 3.05) is 26.2 Å². The third kappa shape index (κ3) is 1.84. The van der Waals surface area contributed by atoms with E-state index in [0.29, 0.717) is 12.6 Å². The minimum absolute atomic E-state index is 0.181. The van der Waals surface area contributed by atoms with Crippen molar-refractivity contribution in [3.05, 3.63) is 0 Å². The van der Waals surface area contributed by atoms with Crippen molar-refractivity contribution >= 4 is 5.97 Å². The number of rotatable bonds is 2. The SMILES string of the molecule is O=C(O)C1CNCC(N2CCC2)C1. The second-order valence-corrected chi connectivity index (χ2v) is 3.97. The zero-order valence-corrected chi connectivity index (χ0v) is 7.70. The van der Waals surface area contributed by atoms with E-state index in [2.05, 4.69) is 10.2 Å². The molecule has 2 heterocycles. The highest BCUT2D eigenvalue weighted by Crippen LogP contribution is 2.20. The van der Waals surface area contributed by atoms with Crippen LogP contribution in [0.4, 0.5) is 0 Å². The van der Waals surface area contributed by atoms with Crippen LogP contribution < -0.4 is 5.32 Å². The van der Waals surface area contributed by atoms with E-state index in [1.807, 2.05) is 0 Å². The number of piperidine rings is 1. The Labute approximate surface area is 77.9 Å². The van der Waals surface area contributed by atoms with E-state index in [-0.39, 0.29) is 5.92 Å². The van der Waals surface area contributed by atoms with Gasteiger partial charge in [-0.15, -0.1) is 0 Å². The molecule has 0 aromatic heterocycles. The Morgan fingerprint density at radius 1 is 1.38 bits per heavy atom. The molecule has 0 aliphatic carbocycles. The predicted molar refractivity (Wildman–Crippen MR) is 48.6 cm³/mol.